The molecule has 7 heteroatoms. The molecule has 2 aromatic heterocycles. The number of nitrogens with one attached hydrogen (secondary N) is 1. The molecule has 0 atom stereocenters. The van der Waals surface area contributed by atoms with Crippen LogP contribution in [0.5, 0.6) is 0 Å². The maximum Gasteiger partial charge on any atom is 0.257 e. The minimum Gasteiger partial charge on any atom is -0.384 e. The Kier molecular flexibility index (Phi) is 6.37. The van der Waals surface area contributed by atoms with Crippen LogP contribution in [0, 0.1) is 0 Å². The number of aromatic nitrogens is 3. The molecule has 2 heterocycles. The van der Waals surface area contributed by atoms with E-state index >= 15 is 0 Å². The molecule has 6 nitrogen and oxygen atoms in total. The number of anilines is 1. The largest absolute Gasteiger partial charge is 0.384 e. The van der Waals surface area contributed by atoms with Gasteiger partial charge in [-0.05, 0) is 36.2 Å². The van der Waals surface area contributed by atoms with Gasteiger partial charge in [-0.25, -0.2) is 9.97 Å². The van der Waals surface area contributed by atoms with Crippen molar-refractivity contribution < 1.29 is 4.79 Å². The van der Waals surface area contributed by atoms with Gasteiger partial charge in [0.05, 0.1) is 11.0 Å². The van der Waals surface area contributed by atoms with Gasteiger partial charge in [-0.3, -0.25) is 4.79 Å². The number of benzene rings is 2. The van der Waals surface area contributed by atoms with Crippen LogP contribution >= 0.6 is 11.6 Å². The minimum atomic E-state index is -0.255. The van der Waals surface area contributed by atoms with Gasteiger partial charge in [-0.1, -0.05) is 62.1 Å². The highest BCUT2D eigenvalue weighted by molar-refractivity contribution is 6.30. The lowest BCUT2D eigenvalue weighted by Crippen LogP contribution is -2.24. The average molecular weight is 436 g/mol. The monoisotopic (exact) mass is 435 g/mol. The minimum absolute atomic E-state index is 0.255. The van der Waals surface area contributed by atoms with Crippen LogP contribution in [0.3, 0.4) is 0 Å². The van der Waals surface area contributed by atoms with Crippen molar-refractivity contribution in [2.45, 2.75) is 45.7 Å². The summed E-state index contributed by atoms with van der Waals surface area (Å²) in [5.74, 6) is 0.157. The molecule has 0 radical (unpaired) electrons. The van der Waals surface area contributed by atoms with Crippen LogP contribution in [0.4, 0.5) is 5.82 Å². The van der Waals surface area contributed by atoms with E-state index in [4.69, 9.17) is 27.3 Å². The fourth-order valence-electron chi connectivity index (χ4n) is 3.74. The fourth-order valence-corrected chi connectivity index (χ4v) is 3.86. The fraction of sp³-hybridized carbons (Fsp3) is 0.292. The Morgan fingerprint density at radius 2 is 1.74 bits per heavy atom. The van der Waals surface area contributed by atoms with Gasteiger partial charge in [-0.15, -0.1) is 0 Å². The molecule has 0 aliphatic heterocycles. The Labute approximate surface area is 186 Å². The highest BCUT2D eigenvalue weighted by atomic mass is 35.5. The van der Waals surface area contributed by atoms with Crippen LogP contribution in [0.2, 0.25) is 5.02 Å². The summed E-state index contributed by atoms with van der Waals surface area (Å²) in [5, 5.41) is 3.62. The van der Waals surface area contributed by atoms with Crippen molar-refractivity contribution in [3.8, 4) is 0 Å². The lowest BCUT2D eigenvalue weighted by Gasteiger charge is -2.08. The quantitative estimate of drug-likeness (QED) is 0.366. The molecular formula is C24H26ClN5O. The molecule has 0 bridgehead atoms. The lowest BCUT2D eigenvalue weighted by molar-refractivity contribution is 0.0953. The normalized spacial score (nSPS) is 11.3. The predicted octanol–water partition coefficient (Wildman–Crippen LogP) is 5.33. The third kappa shape index (κ3) is 4.49. The van der Waals surface area contributed by atoms with Crippen LogP contribution in [-0.4, -0.2) is 20.4 Å². The first-order valence-electron chi connectivity index (χ1n) is 10.7. The van der Waals surface area contributed by atoms with Gasteiger partial charge >= 0.3 is 0 Å². The van der Waals surface area contributed by atoms with Crippen LogP contribution in [0.25, 0.3) is 22.2 Å². The van der Waals surface area contributed by atoms with Crippen molar-refractivity contribution in [2.24, 2.45) is 0 Å². The number of nitrogen functional groups attached to an aromatic ring is 1. The first kappa shape index (κ1) is 21.1. The number of para-hydroxylation sites is 2. The van der Waals surface area contributed by atoms with E-state index in [9.17, 15) is 4.79 Å². The summed E-state index contributed by atoms with van der Waals surface area (Å²) in [6.07, 6.45) is 4.41. The Hall–Kier alpha value is -3.12. The maximum absolute atomic E-state index is 13.1. The molecule has 4 aromatic rings. The van der Waals surface area contributed by atoms with E-state index in [1.807, 2.05) is 41.0 Å². The van der Waals surface area contributed by atoms with E-state index in [2.05, 4.69) is 12.2 Å². The summed E-state index contributed by atoms with van der Waals surface area (Å²) in [6.45, 7) is 3.26. The second-order valence-corrected chi connectivity index (χ2v) is 8.10. The number of carbonyl (C=O) groups excluding carboxylic acids is 1. The van der Waals surface area contributed by atoms with Gasteiger partial charge in [-0.2, -0.15) is 0 Å². The molecule has 4 rings (SSSR count). The molecule has 2 aromatic carbocycles. The van der Waals surface area contributed by atoms with E-state index in [1.54, 1.807) is 12.1 Å². The third-order valence-corrected chi connectivity index (χ3v) is 5.67. The molecule has 0 saturated heterocycles. The van der Waals surface area contributed by atoms with Crippen LogP contribution in [0.15, 0.2) is 48.5 Å². The van der Waals surface area contributed by atoms with Gasteiger partial charge in [0.1, 0.15) is 16.9 Å². The third-order valence-electron chi connectivity index (χ3n) is 5.42. The molecule has 31 heavy (non-hydrogen) atoms. The molecule has 0 saturated carbocycles. The Morgan fingerprint density at radius 3 is 2.45 bits per heavy atom. The topological polar surface area (TPSA) is 85.8 Å². The highest BCUT2D eigenvalue weighted by Crippen LogP contribution is 2.28. The zero-order valence-electron chi connectivity index (χ0n) is 17.6. The van der Waals surface area contributed by atoms with Crippen molar-refractivity contribution in [1.29, 1.82) is 0 Å². The number of rotatable bonds is 8. The summed E-state index contributed by atoms with van der Waals surface area (Å²) in [5.41, 5.74) is 10.6. The maximum atomic E-state index is 13.1. The first-order chi connectivity index (χ1) is 15.1. The van der Waals surface area contributed by atoms with E-state index in [-0.39, 0.29) is 5.91 Å². The van der Waals surface area contributed by atoms with Gasteiger partial charge < -0.3 is 15.6 Å². The number of hydrogen-bond donors (Lipinski definition) is 2. The Bertz CT molecular complexity index is 1220. The number of halogens is 1. The van der Waals surface area contributed by atoms with Crippen molar-refractivity contribution in [2.75, 3.05) is 5.73 Å². The molecule has 0 spiro atoms. The molecule has 0 aliphatic rings. The summed E-state index contributed by atoms with van der Waals surface area (Å²) < 4.78 is 1.93. The molecule has 1 amide bonds. The SMILES string of the molecule is CCCCCCn1c(N)c(C(=O)NCc2ccc(Cl)cc2)c2nc3ccccc3nc21. The number of nitrogens with zero attached hydrogens (tertiary/aromatic N) is 3. The Morgan fingerprint density at radius 1 is 1.03 bits per heavy atom. The highest BCUT2D eigenvalue weighted by Gasteiger charge is 2.23. The summed E-state index contributed by atoms with van der Waals surface area (Å²) in [4.78, 5) is 22.7. The summed E-state index contributed by atoms with van der Waals surface area (Å²) in [6, 6.07) is 15.0. The first-order valence-corrected chi connectivity index (χ1v) is 11.0. The van der Waals surface area contributed by atoms with E-state index in [0.717, 1.165) is 35.9 Å². The molecule has 3 N–H and O–H groups in total. The van der Waals surface area contributed by atoms with Crippen LogP contribution in [0.1, 0.15) is 48.5 Å². The molecular weight excluding hydrogens is 410 g/mol. The second kappa shape index (κ2) is 9.35. The van der Waals surface area contributed by atoms with E-state index in [0.29, 0.717) is 40.7 Å². The number of amides is 1. The predicted molar refractivity (Wildman–Crippen MR) is 126 cm³/mol. The van der Waals surface area contributed by atoms with Crippen molar-refractivity contribution in [3.63, 3.8) is 0 Å². The summed E-state index contributed by atoms with van der Waals surface area (Å²) >= 11 is 5.95. The van der Waals surface area contributed by atoms with Crippen molar-refractivity contribution in [3.05, 3.63) is 64.7 Å². The molecule has 0 unspecified atom stereocenters. The van der Waals surface area contributed by atoms with Crippen molar-refractivity contribution >= 4 is 45.5 Å². The number of hydrogen-bond acceptors (Lipinski definition) is 4. The molecule has 160 valence electrons. The van der Waals surface area contributed by atoms with Crippen molar-refractivity contribution in [1.82, 2.24) is 19.9 Å². The van der Waals surface area contributed by atoms with Gasteiger partial charge in [0, 0.05) is 18.1 Å². The van der Waals surface area contributed by atoms with Gasteiger partial charge in [0.15, 0.2) is 5.65 Å². The average Bonchev–Trinajstić information content (AvgIpc) is 3.05. The number of unbranched alkanes of at least 4 members (excludes halogenated alkanes) is 3. The zero-order valence-corrected chi connectivity index (χ0v) is 18.3. The van der Waals surface area contributed by atoms with Crippen LogP contribution < -0.4 is 11.1 Å². The summed E-state index contributed by atoms with van der Waals surface area (Å²) in [7, 11) is 0. The standard InChI is InChI=1S/C24H26ClN5O/c1-2-3-4-7-14-30-22(26)20(24(31)27-15-16-10-12-17(25)13-11-16)21-23(30)29-19-9-6-5-8-18(19)28-21/h5-6,8-13H,2-4,7,14-15,26H2,1H3,(H,27,31). The second-order valence-electron chi connectivity index (χ2n) is 7.67. The number of carbonyl (C=O) groups is 1. The zero-order chi connectivity index (χ0) is 21.8. The smallest absolute Gasteiger partial charge is 0.257 e. The number of fused-ring (bicyclic) bond motifs is 2. The molecule has 0 aliphatic carbocycles. The van der Waals surface area contributed by atoms with E-state index < -0.39 is 0 Å². The van der Waals surface area contributed by atoms with E-state index in [1.165, 1.54) is 6.42 Å². The van der Waals surface area contributed by atoms with Crippen LogP contribution in [-0.2, 0) is 13.1 Å². The number of aryl methyl sites for hydroxylation is 1. The number of nitrogens with two attached hydrogens (primary N) is 1. The lowest BCUT2D eigenvalue weighted by atomic mass is 10.2. The Balaban J connectivity index is 1.70. The van der Waals surface area contributed by atoms with Gasteiger partial charge in [0.2, 0.25) is 0 Å². The van der Waals surface area contributed by atoms with Gasteiger partial charge in [0.25, 0.3) is 5.91 Å². The molecule has 0 fully saturated rings.